The molecule has 5 nitrogen and oxygen atoms in total. The van der Waals surface area contributed by atoms with E-state index in [9.17, 15) is 14.7 Å². The minimum Gasteiger partial charge on any atom is -0.480 e. The number of benzene rings is 2. The van der Waals surface area contributed by atoms with Gasteiger partial charge in [-0.05, 0) is 61.7 Å². The van der Waals surface area contributed by atoms with Gasteiger partial charge < -0.3 is 15.2 Å². The van der Waals surface area contributed by atoms with E-state index in [-0.39, 0.29) is 18.9 Å². The van der Waals surface area contributed by atoms with Crippen molar-refractivity contribution in [3.63, 3.8) is 0 Å². The molecule has 7 heteroatoms. The van der Waals surface area contributed by atoms with Gasteiger partial charge in [0, 0.05) is 17.2 Å². The molecule has 1 amide bonds. The van der Waals surface area contributed by atoms with E-state index in [0.29, 0.717) is 0 Å². The van der Waals surface area contributed by atoms with E-state index in [1.807, 2.05) is 59.3 Å². The Balaban J connectivity index is 1.24. The summed E-state index contributed by atoms with van der Waals surface area (Å²) in [5, 5.41) is 18.2. The highest BCUT2D eigenvalue weighted by Gasteiger charge is 2.30. The summed E-state index contributed by atoms with van der Waals surface area (Å²) in [5.74, 6) is -1.16. The summed E-state index contributed by atoms with van der Waals surface area (Å²) in [6, 6.07) is 19.1. The minimum atomic E-state index is -1.09. The van der Waals surface area contributed by atoms with Gasteiger partial charge in [0.2, 0.25) is 0 Å². The lowest BCUT2D eigenvalue weighted by Gasteiger charge is -2.17. The number of hydrogen-bond acceptors (Lipinski definition) is 5. The van der Waals surface area contributed by atoms with Crippen molar-refractivity contribution in [1.82, 2.24) is 5.32 Å². The predicted molar refractivity (Wildman–Crippen MR) is 131 cm³/mol. The van der Waals surface area contributed by atoms with E-state index in [0.717, 1.165) is 38.3 Å². The average molecular weight is 476 g/mol. The van der Waals surface area contributed by atoms with Crippen LogP contribution in [0.25, 0.3) is 22.3 Å². The van der Waals surface area contributed by atoms with E-state index in [1.165, 1.54) is 11.3 Å². The fraction of sp³-hybridized carbons (Fsp3) is 0.154. The normalized spacial score (nSPS) is 13.2. The van der Waals surface area contributed by atoms with Gasteiger partial charge in [0.05, 0.1) is 0 Å². The van der Waals surface area contributed by atoms with Crippen molar-refractivity contribution in [2.75, 3.05) is 6.61 Å². The molecule has 1 atom stereocenters. The zero-order valence-corrected chi connectivity index (χ0v) is 19.2. The van der Waals surface area contributed by atoms with E-state index >= 15 is 0 Å². The molecule has 2 aromatic carbocycles. The van der Waals surface area contributed by atoms with Gasteiger partial charge in [0.15, 0.2) is 0 Å². The van der Waals surface area contributed by atoms with Crippen molar-refractivity contribution in [1.29, 1.82) is 0 Å². The quantitative estimate of drug-likeness (QED) is 0.343. The summed E-state index contributed by atoms with van der Waals surface area (Å²) >= 11 is 3.10. The van der Waals surface area contributed by atoms with Crippen molar-refractivity contribution < 1.29 is 19.4 Å². The molecule has 166 valence electrons. The van der Waals surface area contributed by atoms with Crippen LogP contribution >= 0.6 is 22.7 Å². The topological polar surface area (TPSA) is 75.6 Å². The molecule has 4 aromatic rings. The Bertz CT molecular complexity index is 1250. The second kappa shape index (κ2) is 9.21. The first kappa shape index (κ1) is 21.4. The molecule has 1 aliphatic carbocycles. The number of carbonyl (C=O) groups is 2. The Morgan fingerprint density at radius 3 is 2.30 bits per heavy atom. The van der Waals surface area contributed by atoms with Gasteiger partial charge in [-0.2, -0.15) is 11.3 Å². The molecule has 2 N–H and O–H groups in total. The van der Waals surface area contributed by atoms with Crippen molar-refractivity contribution in [3.8, 4) is 22.3 Å². The number of carboxylic acid groups (broad SMARTS) is 1. The highest BCUT2D eigenvalue weighted by atomic mass is 32.1. The lowest BCUT2D eigenvalue weighted by atomic mass is 9.98. The maximum absolute atomic E-state index is 12.5. The van der Waals surface area contributed by atoms with Gasteiger partial charge in [0.1, 0.15) is 12.6 Å². The van der Waals surface area contributed by atoms with E-state index in [2.05, 4.69) is 22.8 Å². The van der Waals surface area contributed by atoms with Crippen LogP contribution in [0.3, 0.4) is 0 Å². The van der Waals surface area contributed by atoms with Gasteiger partial charge in [-0.15, -0.1) is 11.3 Å². The molecule has 33 heavy (non-hydrogen) atoms. The van der Waals surface area contributed by atoms with Gasteiger partial charge in [-0.1, -0.05) is 48.5 Å². The molecule has 0 bridgehead atoms. The third-order valence-electron chi connectivity index (χ3n) is 5.85. The molecule has 0 aliphatic heterocycles. The van der Waals surface area contributed by atoms with Gasteiger partial charge in [-0.3, -0.25) is 0 Å². The van der Waals surface area contributed by atoms with Gasteiger partial charge in [-0.25, -0.2) is 9.59 Å². The lowest BCUT2D eigenvalue weighted by Crippen LogP contribution is -2.42. The van der Waals surface area contributed by atoms with Crippen molar-refractivity contribution in [2.45, 2.75) is 18.4 Å². The van der Waals surface area contributed by atoms with E-state index < -0.39 is 18.1 Å². The van der Waals surface area contributed by atoms with Crippen LogP contribution in [-0.4, -0.2) is 29.8 Å². The van der Waals surface area contributed by atoms with Gasteiger partial charge >= 0.3 is 12.1 Å². The summed E-state index contributed by atoms with van der Waals surface area (Å²) in [7, 11) is 0. The number of aliphatic carboxylic acids is 1. The van der Waals surface area contributed by atoms with Gasteiger partial charge in [0.25, 0.3) is 0 Å². The number of ether oxygens (including phenoxy) is 1. The summed E-state index contributed by atoms with van der Waals surface area (Å²) in [6.45, 7) is 0.146. The fourth-order valence-electron chi connectivity index (χ4n) is 4.25. The van der Waals surface area contributed by atoms with Crippen LogP contribution in [0.4, 0.5) is 4.79 Å². The number of nitrogens with one attached hydrogen (secondary N) is 1. The van der Waals surface area contributed by atoms with Crippen LogP contribution in [0.1, 0.15) is 21.9 Å². The number of alkyl carbamates (subject to hydrolysis) is 1. The number of amides is 1. The molecule has 2 aromatic heterocycles. The number of carbonyl (C=O) groups excluding carboxylic acids is 1. The maximum atomic E-state index is 12.5. The minimum absolute atomic E-state index is 0.0723. The Labute approximate surface area is 199 Å². The first-order chi connectivity index (χ1) is 16.1. The van der Waals surface area contributed by atoms with Crippen LogP contribution in [-0.2, 0) is 16.0 Å². The SMILES string of the molecule is O=C(NC(Cc1cc(-c2ccsc2)cs1)C(=O)O)OCC1c2ccccc2-c2ccccc21. The van der Waals surface area contributed by atoms with Crippen LogP contribution in [0.5, 0.6) is 0 Å². The van der Waals surface area contributed by atoms with Crippen molar-refractivity contribution in [2.24, 2.45) is 0 Å². The maximum Gasteiger partial charge on any atom is 0.407 e. The van der Waals surface area contributed by atoms with Crippen LogP contribution < -0.4 is 5.32 Å². The summed E-state index contributed by atoms with van der Waals surface area (Å²) < 4.78 is 5.51. The second-order valence-electron chi connectivity index (χ2n) is 7.88. The molecule has 0 fully saturated rings. The second-order valence-corrected chi connectivity index (χ2v) is 9.65. The molecule has 0 radical (unpaired) electrons. The molecule has 0 saturated heterocycles. The number of rotatable bonds is 7. The lowest BCUT2D eigenvalue weighted by molar-refractivity contribution is -0.139. The molecular formula is C26H21NO4S2. The predicted octanol–water partition coefficient (Wildman–Crippen LogP) is 6.01. The molecule has 1 unspecified atom stereocenters. The first-order valence-corrected chi connectivity index (χ1v) is 12.4. The monoisotopic (exact) mass is 475 g/mol. The summed E-state index contributed by atoms with van der Waals surface area (Å²) in [6.07, 6.45) is -0.521. The molecule has 0 saturated carbocycles. The Morgan fingerprint density at radius 1 is 0.970 bits per heavy atom. The molecule has 2 heterocycles. The number of fused-ring (bicyclic) bond motifs is 3. The number of carboxylic acids is 1. The highest BCUT2D eigenvalue weighted by Crippen LogP contribution is 2.44. The Hall–Kier alpha value is -3.42. The first-order valence-electron chi connectivity index (χ1n) is 10.5. The van der Waals surface area contributed by atoms with E-state index in [4.69, 9.17) is 4.74 Å². The average Bonchev–Trinajstić information content (AvgIpc) is 3.56. The van der Waals surface area contributed by atoms with Crippen LogP contribution in [0, 0.1) is 0 Å². The molecule has 5 rings (SSSR count). The van der Waals surface area contributed by atoms with E-state index in [1.54, 1.807) is 11.3 Å². The van der Waals surface area contributed by atoms with Crippen molar-refractivity contribution in [3.05, 3.63) is 92.8 Å². The smallest absolute Gasteiger partial charge is 0.407 e. The summed E-state index contributed by atoms with van der Waals surface area (Å²) in [4.78, 5) is 25.2. The zero-order chi connectivity index (χ0) is 22.8. The molecule has 1 aliphatic rings. The number of thiophene rings is 2. The fourth-order valence-corrected chi connectivity index (χ4v) is 5.86. The third kappa shape index (κ3) is 4.42. The molecule has 0 spiro atoms. The molecular weight excluding hydrogens is 454 g/mol. The third-order valence-corrected chi connectivity index (χ3v) is 7.49. The largest absolute Gasteiger partial charge is 0.480 e. The Kier molecular flexibility index (Phi) is 5.98. The van der Waals surface area contributed by atoms with Crippen LogP contribution in [0.2, 0.25) is 0 Å². The standard InChI is InChI=1S/C26H21NO4S2/c28-25(29)24(12-18-11-17(15-33-18)16-9-10-32-14-16)27-26(30)31-13-23-21-7-3-1-5-19(21)20-6-2-4-8-22(20)23/h1-11,14-15,23-24H,12-13H2,(H,27,30)(H,28,29). The van der Waals surface area contributed by atoms with Crippen LogP contribution in [0.15, 0.2) is 76.8 Å². The van der Waals surface area contributed by atoms with Crippen molar-refractivity contribution >= 4 is 34.7 Å². The highest BCUT2D eigenvalue weighted by molar-refractivity contribution is 7.10. The number of hydrogen-bond donors (Lipinski definition) is 2. The summed E-state index contributed by atoms with van der Waals surface area (Å²) in [5.41, 5.74) is 6.68. The Morgan fingerprint density at radius 2 is 1.67 bits per heavy atom. The zero-order valence-electron chi connectivity index (χ0n) is 17.6.